The number of benzene rings is 3. The third-order valence-corrected chi connectivity index (χ3v) is 15.7. The normalized spacial score (nSPS) is 26.8. The Hall–Kier alpha value is -4.79. The molecule has 2 aliphatic heterocycles. The Labute approximate surface area is 433 Å². The van der Waals surface area contributed by atoms with E-state index in [0.717, 1.165) is 107 Å². The van der Waals surface area contributed by atoms with Gasteiger partial charge in [0.15, 0.2) is 0 Å². The van der Waals surface area contributed by atoms with Gasteiger partial charge in [0.25, 0.3) is 0 Å². The van der Waals surface area contributed by atoms with Crippen molar-refractivity contribution in [1.82, 2.24) is 19.6 Å². The maximum absolute atomic E-state index is 14.1. The minimum atomic E-state index is -1.09. The van der Waals surface area contributed by atoms with Crippen LogP contribution >= 0.6 is 11.6 Å². The topological polar surface area (TPSA) is 109 Å². The number of hydrogen-bond donors (Lipinski definition) is 0. The fourth-order valence-corrected chi connectivity index (χ4v) is 12.7. The summed E-state index contributed by atoms with van der Waals surface area (Å²) < 4.78 is 49.8. The number of halogens is 3. The summed E-state index contributed by atoms with van der Waals surface area (Å²) in [5.74, 6) is 1.10. The van der Waals surface area contributed by atoms with Crippen LogP contribution in [0.25, 0.3) is 0 Å². The molecule has 4 aliphatic rings. The molecule has 0 N–H and O–H groups in total. The molecule has 3 aromatic carbocycles. The summed E-state index contributed by atoms with van der Waals surface area (Å²) in [6.07, 6.45) is 15.4. The van der Waals surface area contributed by atoms with Gasteiger partial charge in [0.1, 0.15) is 11.6 Å². The van der Waals surface area contributed by atoms with Gasteiger partial charge in [-0.25, -0.2) is 28.4 Å². The highest BCUT2D eigenvalue weighted by molar-refractivity contribution is 6.30. The van der Waals surface area contributed by atoms with Crippen molar-refractivity contribution in [2.45, 2.75) is 146 Å². The van der Waals surface area contributed by atoms with Crippen LogP contribution < -0.4 is 0 Å². The average molecular weight is 1020 g/mol. The number of unbranched alkanes of at least 4 members (excludes halogenated alkanes) is 1. The highest BCUT2D eigenvalue weighted by Gasteiger charge is 2.54. The molecule has 0 aromatic heterocycles. The minimum Gasteiger partial charge on any atom is -0.438 e. The van der Waals surface area contributed by atoms with Gasteiger partial charge in [-0.15, -0.1) is 0 Å². The van der Waals surface area contributed by atoms with Crippen LogP contribution in [-0.4, -0.2) is 124 Å². The molecule has 0 radical (unpaired) electrons. The summed E-state index contributed by atoms with van der Waals surface area (Å²) in [4.78, 5) is 43.4. The van der Waals surface area contributed by atoms with Crippen molar-refractivity contribution >= 4 is 36.6 Å². The molecule has 15 heteroatoms. The average Bonchev–Trinajstić information content (AvgIpc) is 3.89. The molecule has 3 aromatic rings. The highest BCUT2D eigenvalue weighted by Crippen LogP contribution is 2.48. The van der Waals surface area contributed by atoms with Crippen molar-refractivity contribution in [2.24, 2.45) is 33.7 Å². The summed E-state index contributed by atoms with van der Waals surface area (Å²) in [6.45, 7) is 8.15. The second-order valence-corrected chi connectivity index (χ2v) is 21.3. The molecular weight excluding hydrogens is 938 g/mol. The van der Waals surface area contributed by atoms with Gasteiger partial charge < -0.3 is 38.5 Å². The van der Waals surface area contributed by atoms with Gasteiger partial charge in [0.2, 0.25) is 11.4 Å². The molecule has 396 valence electrons. The van der Waals surface area contributed by atoms with Gasteiger partial charge in [-0.3, -0.25) is 0 Å². The first-order valence-electron chi connectivity index (χ1n) is 26.4. The molecule has 0 bridgehead atoms. The maximum atomic E-state index is 14.1. The fraction of sp³-hybridized carbons (Fsp3) is 0.614. The first-order valence-corrected chi connectivity index (χ1v) is 26.7. The second-order valence-electron chi connectivity index (χ2n) is 20.8. The summed E-state index contributed by atoms with van der Waals surface area (Å²) in [6, 6.07) is 21.8. The predicted molar refractivity (Wildman–Crippen MR) is 282 cm³/mol. The monoisotopic (exact) mass is 1020 g/mol. The van der Waals surface area contributed by atoms with Crippen molar-refractivity contribution in [3.8, 4) is 0 Å². The lowest BCUT2D eigenvalue weighted by Gasteiger charge is -2.45. The van der Waals surface area contributed by atoms with Crippen LogP contribution in [0.15, 0.2) is 82.8 Å². The molecule has 2 aliphatic carbocycles. The zero-order chi connectivity index (χ0) is 52.0. The van der Waals surface area contributed by atoms with E-state index in [9.17, 15) is 18.4 Å². The van der Waals surface area contributed by atoms with E-state index in [2.05, 4.69) is 68.6 Å². The van der Waals surface area contributed by atoms with Crippen molar-refractivity contribution in [2.75, 3.05) is 55.5 Å². The zero-order valence-electron chi connectivity index (χ0n) is 44.3. The molecule has 2 saturated carbocycles. The number of carbonyl (C=O) groups is 2. The molecule has 7 rings (SSSR count). The lowest BCUT2D eigenvalue weighted by atomic mass is 9.71. The number of ether oxygens (including phenoxy) is 4. The number of carbonyl (C=O) groups excluding carboxylic acids is 2. The van der Waals surface area contributed by atoms with Gasteiger partial charge in [0.05, 0.1) is 39.0 Å². The Morgan fingerprint density at radius 3 is 1.49 bits per heavy atom. The molecule has 2 heterocycles. The number of nitrogens with zero attached hydrogens (tertiary/aromatic N) is 6. The van der Waals surface area contributed by atoms with E-state index in [-0.39, 0.29) is 41.7 Å². The molecule has 0 saturated heterocycles. The third-order valence-electron chi connectivity index (χ3n) is 15.5. The van der Waals surface area contributed by atoms with Crippen molar-refractivity contribution in [3.05, 3.63) is 106 Å². The van der Waals surface area contributed by atoms with Gasteiger partial charge in [-0.2, -0.15) is 0 Å². The van der Waals surface area contributed by atoms with E-state index >= 15 is 0 Å². The lowest BCUT2D eigenvalue weighted by molar-refractivity contribution is -0.0769. The molecule has 2 fully saturated rings. The summed E-state index contributed by atoms with van der Waals surface area (Å²) in [7, 11) is 11.0. The largest absolute Gasteiger partial charge is 0.510 e. The molecule has 6 atom stereocenters. The lowest BCUT2D eigenvalue weighted by Crippen LogP contribution is -2.55. The van der Waals surface area contributed by atoms with Crippen molar-refractivity contribution < 1.29 is 37.3 Å². The number of aliphatic imine (C=N–C) groups is 2. The van der Waals surface area contributed by atoms with Crippen molar-refractivity contribution in [3.63, 3.8) is 0 Å². The molecule has 6 unspecified atom stereocenters. The van der Waals surface area contributed by atoms with Gasteiger partial charge in [0, 0.05) is 43.0 Å². The van der Waals surface area contributed by atoms with Crippen LogP contribution in [0.1, 0.15) is 133 Å². The number of methoxy groups -OCH3 is 2. The van der Waals surface area contributed by atoms with Gasteiger partial charge in [-0.05, 0) is 176 Å². The van der Waals surface area contributed by atoms with Crippen LogP contribution in [0, 0.1) is 35.3 Å². The number of rotatable bonds is 19. The summed E-state index contributed by atoms with van der Waals surface area (Å²) in [5.41, 5.74) is 1.07. The Morgan fingerprint density at radius 1 is 0.653 bits per heavy atom. The Kier molecular flexibility index (Phi) is 20.7. The van der Waals surface area contributed by atoms with Crippen molar-refractivity contribution in [1.29, 1.82) is 0 Å². The van der Waals surface area contributed by atoms with Gasteiger partial charge >= 0.3 is 12.3 Å². The molecule has 0 amide bonds. The quantitative estimate of drug-likeness (QED) is 0.108. The Bertz CT molecular complexity index is 2240. The SMILES string of the molecule is CCCCC1(OC(=O)OC)N=CN(CCC)C1C1CCC(C(c2cccc(F)c2)N(C)C)CC1.CCCN1C=NC(Cc2ccc(Cl)cc2)(OC(=O)OC)C1C1CCC(C(c2cccc(F)c2)N(C)C)CC1. The van der Waals surface area contributed by atoms with E-state index in [1.807, 2.05) is 49.1 Å². The van der Waals surface area contributed by atoms with Crippen LogP contribution in [-0.2, 0) is 25.4 Å². The van der Waals surface area contributed by atoms with Crippen LogP contribution in [0.2, 0.25) is 5.02 Å². The van der Waals surface area contributed by atoms with E-state index in [1.54, 1.807) is 24.3 Å². The van der Waals surface area contributed by atoms with Crippen LogP contribution in [0.5, 0.6) is 0 Å². The smallest absolute Gasteiger partial charge is 0.438 e. The zero-order valence-corrected chi connectivity index (χ0v) is 45.0. The van der Waals surface area contributed by atoms with E-state index in [4.69, 9.17) is 40.5 Å². The predicted octanol–water partition coefficient (Wildman–Crippen LogP) is 12.8. The summed E-state index contributed by atoms with van der Waals surface area (Å²) in [5, 5.41) is 0.655. The van der Waals surface area contributed by atoms with E-state index in [0.29, 0.717) is 35.6 Å². The van der Waals surface area contributed by atoms with E-state index < -0.39 is 23.8 Å². The molecule has 72 heavy (non-hydrogen) atoms. The number of hydrogen-bond acceptors (Lipinski definition) is 12. The second kappa shape index (κ2) is 26.4. The summed E-state index contributed by atoms with van der Waals surface area (Å²) >= 11 is 6.13. The third kappa shape index (κ3) is 13.9. The van der Waals surface area contributed by atoms with Gasteiger partial charge in [-0.1, -0.05) is 75.2 Å². The highest BCUT2D eigenvalue weighted by atomic mass is 35.5. The molecular formula is C57H81ClF2N6O6. The Morgan fingerprint density at radius 2 is 1.08 bits per heavy atom. The first kappa shape index (κ1) is 56.5. The molecule has 0 spiro atoms. The molecule has 12 nitrogen and oxygen atoms in total. The Balaban J connectivity index is 0.000000237. The fourth-order valence-electron chi connectivity index (χ4n) is 12.6. The minimum absolute atomic E-state index is 0.0195. The standard InChI is InChI=1S/C30H39ClFN3O3.C27H42FN3O3/c1-5-17-35-20-33-30(38-29(36)37-4,19-21-9-15-25(31)16-10-21)28(35)23-13-11-22(12-14-23)27(34(2)3)24-7-6-8-26(32)18-24;1-6-8-16-27(34-26(32)33-5)25(31(17-7-2)19-29-27)21-14-12-20(13-15-21)24(30(3)4)22-10-9-11-23(28)18-22/h6-10,15-16,18,20,22-23,27-28H,5,11-14,17,19H2,1-4H3;9-11,18-21,24-25H,6-8,12-17H2,1-5H3. The van der Waals surface area contributed by atoms with Crippen LogP contribution in [0.3, 0.4) is 0 Å². The van der Waals surface area contributed by atoms with E-state index in [1.165, 1.54) is 26.4 Å². The maximum Gasteiger partial charge on any atom is 0.510 e. The first-order chi connectivity index (χ1) is 34.6. The van der Waals surface area contributed by atoms with Crippen LogP contribution in [0.4, 0.5) is 18.4 Å².